The topological polar surface area (TPSA) is 96.8 Å². The van der Waals surface area contributed by atoms with Gasteiger partial charge in [-0.1, -0.05) is 6.07 Å². The maximum Gasteiger partial charge on any atom is 0.252 e. The molecule has 0 aromatic carbocycles. The Bertz CT molecular complexity index is 666. The Morgan fingerprint density at radius 1 is 1.29 bits per heavy atom. The average molecular weight is 288 g/mol. The van der Waals surface area contributed by atoms with Crippen LogP contribution in [0, 0.1) is 0 Å². The van der Waals surface area contributed by atoms with Crippen LogP contribution < -0.4 is 0 Å². The summed E-state index contributed by atoms with van der Waals surface area (Å²) in [5.74, 6) is -2.81. The number of aliphatic hydroxyl groups is 1. The maximum absolute atomic E-state index is 12.3. The Hall–Kier alpha value is -2.70. The molecule has 1 N–H and O–H groups in total. The van der Waals surface area contributed by atoms with Crippen LogP contribution in [0.3, 0.4) is 0 Å². The standard InChI is InChI=1S/C14H12N2O5/c1-14(8-3-2-6-15-7-8)12(20)11(19)13(21-14)16-9(17)4-5-10(16)18/h2-3,6-7,19H,4-5H2,1H3. The minimum atomic E-state index is -1.50. The number of imide groups is 1. The summed E-state index contributed by atoms with van der Waals surface area (Å²) in [5.41, 5.74) is -1.08. The Kier molecular flexibility index (Phi) is 2.79. The van der Waals surface area contributed by atoms with Crippen molar-refractivity contribution >= 4 is 17.6 Å². The van der Waals surface area contributed by atoms with Crippen LogP contribution in [0.5, 0.6) is 0 Å². The van der Waals surface area contributed by atoms with Gasteiger partial charge >= 0.3 is 0 Å². The molecule has 2 aliphatic heterocycles. The molecular weight excluding hydrogens is 276 g/mol. The number of hydrogen-bond acceptors (Lipinski definition) is 6. The zero-order valence-corrected chi connectivity index (χ0v) is 11.2. The third kappa shape index (κ3) is 1.81. The molecule has 1 aromatic rings. The number of aromatic nitrogens is 1. The molecule has 7 nitrogen and oxygen atoms in total. The van der Waals surface area contributed by atoms with Crippen molar-refractivity contribution in [1.29, 1.82) is 0 Å². The summed E-state index contributed by atoms with van der Waals surface area (Å²) in [7, 11) is 0. The van der Waals surface area contributed by atoms with Gasteiger partial charge < -0.3 is 9.84 Å². The zero-order chi connectivity index (χ0) is 15.2. The molecule has 1 aromatic heterocycles. The van der Waals surface area contributed by atoms with Gasteiger partial charge in [-0.25, -0.2) is 4.90 Å². The Morgan fingerprint density at radius 2 is 1.95 bits per heavy atom. The second-order valence-corrected chi connectivity index (χ2v) is 4.98. The highest BCUT2D eigenvalue weighted by Crippen LogP contribution is 2.39. The first-order valence-corrected chi connectivity index (χ1v) is 6.38. The van der Waals surface area contributed by atoms with E-state index in [-0.39, 0.29) is 18.7 Å². The first kappa shape index (κ1) is 13.3. The third-order valence-corrected chi connectivity index (χ3v) is 3.62. The van der Waals surface area contributed by atoms with E-state index in [4.69, 9.17) is 4.74 Å². The average Bonchev–Trinajstić information content (AvgIpc) is 2.93. The number of rotatable bonds is 2. The molecular formula is C14H12N2O5. The highest BCUT2D eigenvalue weighted by atomic mass is 16.5. The van der Waals surface area contributed by atoms with Crippen molar-refractivity contribution in [3.63, 3.8) is 0 Å². The van der Waals surface area contributed by atoms with Crippen molar-refractivity contribution in [2.45, 2.75) is 25.4 Å². The SMILES string of the molecule is CC1(c2cccnc2)OC(N2C(=O)CCC2=O)=C(O)C1=O. The molecule has 0 radical (unpaired) electrons. The number of nitrogens with zero attached hydrogens (tertiary/aromatic N) is 2. The van der Waals surface area contributed by atoms with Crippen molar-refractivity contribution in [3.05, 3.63) is 41.7 Å². The molecule has 0 aliphatic carbocycles. The fourth-order valence-electron chi connectivity index (χ4n) is 2.40. The van der Waals surface area contributed by atoms with Crippen LogP contribution in [0.1, 0.15) is 25.3 Å². The van der Waals surface area contributed by atoms with Gasteiger partial charge in [0.2, 0.25) is 23.2 Å². The largest absolute Gasteiger partial charge is 0.501 e. The van der Waals surface area contributed by atoms with E-state index >= 15 is 0 Å². The molecule has 1 atom stereocenters. The van der Waals surface area contributed by atoms with Gasteiger partial charge in [-0.15, -0.1) is 0 Å². The fraction of sp³-hybridized carbons (Fsp3) is 0.286. The monoisotopic (exact) mass is 288 g/mol. The fourth-order valence-corrected chi connectivity index (χ4v) is 2.40. The zero-order valence-electron chi connectivity index (χ0n) is 11.2. The first-order valence-electron chi connectivity index (χ1n) is 6.38. The molecule has 108 valence electrons. The van der Waals surface area contributed by atoms with E-state index < -0.39 is 29.0 Å². The van der Waals surface area contributed by atoms with Gasteiger partial charge in [0.1, 0.15) is 0 Å². The van der Waals surface area contributed by atoms with Gasteiger partial charge in [0.05, 0.1) is 0 Å². The highest BCUT2D eigenvalue weighted by Gasteiger charge is 2.52. The number of ether oxygens (including phenoxy) is 1. The van der Waals surface area contributed by atoms with Gasteiger partial charge in [-0.2, -0.15) is 0 Å². The number of Topliss-reactive ketones (excluding diaryl/α,β-unsaturated/α-hetero) is 1. The number of carbonyl (C=O) groups is 3. The third-order valence-electron chi connectivity index (χ3n) is 3.62. The van der Waals surface area contributed by atoms with Crippen molar-refractivity contribution in [2.75, 3.05) is 0 Å². The van der Waals surface area contributed by atoms with Gasteiger partial charge in [0, 0.05) is 30.8 Å². The summed E-state index contributed by atoms with van der Waals surface area (Å²) in [6.45, 7) is 1.46. The second-order valence-electron chi connectivity index (χ2n) is 4.98. The molecule has 1 saturated heterocycles. The van der Waals surface area contributed by atoms with Crippen LogP contribution in [0.15, 0.2) is 36.2 Å². The highest BCUT2D eigenvalue weighted by molar-refractivity contribution is 6.08. The van der Waals surface area contributed by atoms with Crippen molar-refractivity contribution in [2.24, 2.45) is 0 Å². The molecule has 3 rings (SSSR count). The minimum Gasteiger partial charge on any atom is -0.501 e. The molecule has 0 saturated carbocycles. The van der Waals surface area contributed by atoms with Gasteiger partial charge in [-0.05, 0) is 13.0 Å². The Morgan fingerprint density at radius 3 is 2.52 bits per heavy atom. The molecule has 2 amide bonds. The summed E-state index contributed by atoms with van der Waals surface area (Å²) in [6, 6.07) is 3.24. The number of hydrogen-bond donors (Lipinski definition) is 1. The lowest BCUT2D eigenvalue weighted by Crippen LogP contribution is -2.33. The van der Waals surface area contributed by atoms with Gasteiger partial charge in [-0.3, -0.25) is 19.4 Å². The van der Waals surface area contributed by atoms with Crippen molar-refractivity contribution in [1.82, 2.24) is 9.88 Å². The van der Waals surface area contributed by atoms with E-state index in [0.29, 0.717) is 5.56 Å². The lowest BCUT2D eigenvalue weighted by atomic mass is 9.93. The van der Waals surface area contributed by atoms with E-state index in [1.807, 2.05) is 0 Å². The molecule has 7 heteroatoms. The summed E-state index contributed by atoms with van der Waals surface area (Å²) in [6.07, 6.45) is 3.04. The summed E-state index contributed by atoms with van der Waals surface area (Å²) >= 11 is 0. The van der Waals surface area contributed by atoms with E-state index in [1.165, 1.54) is 19.3 Å². The molecule has 1 unspecified atom stereocenters. The van der Waals surface area contributed by atoms with Gasteiger partial charge in [0.25, 0.3) is 11.7 Å². The quantitative estimate of drug-likeness (QED) is 0.807. The van der Waals surface area contributed by atoms with Crippen LogP contribution >= 0.6 is 0 Å². The summed E-state index contributed by atoms with van der Waals surface area (Å²) in [4.78, 5) is 40.4. The first-order chi connectivity index (χ1) is 9.95. The van der Waals surface area contributed by atoms with Crippen molar-refractivity contribution in [3.8, 4) is 0 Å². The number of aliphatic hydroxyl groups excluding tert-OH is 1. The van der Waals surface area contributed by atoms with Crippen LogP contribution in [-0.4, -0.2) is 32.6 Å². The minimum absolute atomic E-state index is 0.0385. The molecule has 3 heterocycles. The predicted molar refractivity (Wildman–Crippen MR) is 68.4 cm³/mol. The van der Waals surface area contributed by atoms with Crippen LogP contribution in [0.2, 0.25) is 0 Å². The van der Waals surface area contributed by atoms with E-state index in [0.717, 1.165) is 4.90 Å². The number of pyridine rings is 1. The summed E-state index contributed by atoms with van der Waals surface area (Å²) in [5, 5.41) is 9.99. The number of likely N-dealkylation sites (tertiary alicyclic amines) is 1. The molecule has 21 heavy (non-hydrogen) atoms. The van der Waals surface area contributed by atoms with E-state index in [9.17, 15) is 19.5 Å². The Balaban J connectivity index is 2.01. The maximum atomic E-state index is 12.3. The normalized spacial score (nSPS) is 25.8. The summed E-state index contributed by atoms with van der Waals surface area (Å²) < 4.78 is 5.51. The molecule has 0 spiro atoms. The van der Waals surface area contributed by atoms with Crippen LogP contribution in [0.4, 0.5) is 0 Å². The Labute approximate surface area is 119 Å². The smallest absolute Gasteiger partial charge is 0.252 e. The molecule has 2 aliphatic rings. The number of ketones is 1. The van der Waals surface area contributed by atoms with E-state index in [2.05, 4.69) is 4.98 Å². The molecule has 0 bridgehead atoms. The van der Waals surface area contributed by atoms with Gasteiger partial charge in [0.15, 0.2) is 0 Å². The molecule has 1 fully saturated rings. The van der Waals surface area contributed by atoms with Crippen LogP contribution in [0.25, 0.3) is 0 Å². The number of carbonyl (C=O) groups excluding carboxylic acids is 3. The lowest BCUT2D eigenvalue weighted by molar-refractivity contribution is -0.144. The number of amides is 2. The second kappa shape index (κ2) is 4.41. The predicted octanol–water partition coefficient (Wildman–Crippen LogP) is 0.772. The van der Waals surface area contributed by atoms with Crippen molar-refractivity contribution < 1.29 is 24.2 Å². The lowest BCUT2D eigenvalue weighted by Gasteiger charge is -2.24. The van der Waals surface area contributed by atoms with Crippen LogP contribution in [-0.2, 0) is 24.7 Å². The van der Waals surface area contributed by atoms with E-state index in [1.54, 1.807) is 12.1 Å².